The molecule has 0 spiro atoms. The molecular weight excluding hydrogens is 320 g/mol. The molecule has 0 atom stereocenters. The second kappa shape index (κ2) is 6.30. The first-order valence-electron chi connectivity index (χ1n) is 7.63. The van der Waals surface area contributed by atoms with Crippen LogP contribution in [0.2, 0.25) is 0 Å². The normalized spacial score (nSPS) is 14.0. The van der Waals surface area contributed by atoms with Gasteiger partial charge in [-0.05, 0) is 24.3 Å². The highest BCUT2D eigenvalue weighted by molar-refractivity contribution is 7.09. The molecule has 3 aromatic rings. The number of anilines is 1. The molecular formula is C18H14N4OS. The lowest BCUT2D eigenvalue weighted by molar-refractivity contribution is 0.167. The van der Waals surface area contributed by atoms with E-state index in [1.165, 1.54) is 11.5 Å². The van der Waals surface area contributed by atoms with Crippen LogP contribution < -0.4 is 9.64 Å². The number of benzene rings is 2. The second-order valence-corrected chi connectivity index (χ2v) is 6.28. The summed E-state index contributed by atoms with van der Waals surface area (Å²) in [5, 5.41) is 9.73. The highest BCUT2D eigenvalue weighted by Gasteiger charge is 2.31. The number of aromatic nitrogens is 2. The fourth-order valence-corrected chi connectivity index (χ4v) is 3.22. The van der Waals surface area contributed by atoms with Crippen LogP contribution in [-0.2, 0) is 0 Å². The van der Waals surface area contributed by atoms with E-state index in [4.69, 9.17) is 10.00 Å². The zero-order valence-corrected chi connectivity index (χ0v) is 13.6. The number of hydrogen-bond acceptors (Lipinski definition) is 6. The zero-order chi connectivity index (χ0) is 16.4. The molecule has 1 fully saturated rings. The van der Waals surface area contributed by atoms with Gasteiger partial charge in [0.15, 0.2) is 5.82 Å². The van der Waals surface area contributed by atoms with Crippen LogP contribution >= 0.6 is 11.5 Å². The van der Waals surface area contributed by atoms with Crippen molar-refractivity contribution in [1.29, 1.82) is 5.26 Å². The van der Waals surface area contributed by atoms with E-state index in [1.807, 2.05) is 42.5 Å². The summed E-state index contributed by atoms with van der Waals surface area (Å²) in [6.45, 7) is 1.59. The third kappa shape index (κ3) is 2.94. The fourth-order valence-electron chi connectivity index (χ4n) is 2.52. The lowest BCUT2D eigenvalue weighted by atomic mass is 10.2. The molecule has 0 saturated carbocycles. The van der Waals surface area contributed by atoms with Gasteiger partial charge in [-0.15, -0.1) is 0 Å². The maximum Gasteiger partial charge on any atom is 0.205 e. The van der Waals surface area contributed by atoms with Crippen molar-refractivity contribution >= 4 is 16.7 Å². The molecule has 1 aliphatic heterocycles. The van der Waals surface area contributed by atoms with Crippen molar-refractivity contribution < 1.29 is 4.74 Å². The first-order valence-corrected chi connectivity index (χ1v) is 8.40. The number of nitrogens with zero attached hydrogens (tertiary/aromatic N) is 4. The molecule has 0 aliphatic carbocycles. The van der Waals surface area contributed by atoms with Gasteiger partial charge >= 0.3 is 0 Å². The van der Waals surface area contributed by atoms with Crippen LogP contribution in [0.5, 0.6) is 5.75 Å². The van der Waals surface area contributed by atoms with Crippen molar-refractivity contribution in [3.63, 3.8) is 0 Å². The molecule has 6 heteroatoms. The van der Waals surface area contributed by atoms with Gasteiger partial charge < -0.3 is 9.64 Å². The first kappa shape index (κ1) is 14.7. The summed E-state index contributed by atoms with van der Waals surface area (Å²) in [7, 11) is 0. The van der Waals surface area contributed by atoms with Gasteiger partial charge in [0.1, 0.15) is 11.9 Å². The quantitative estimate of drug-likeness (QED) is 0.732. The van der Waals surface area contributed by atoms with Gasteiger partial charge in [0.05, 0.1) is 24.7 Å². The Bertz CT molecular complexity index is 864. The predicted molar refractivity (Wildman–Crippen MR) is 93.1 cm³/mol. The van der Waals surface area contributed by atoms with Crippen molar-refractivity contribution in [1.82, 2.24) is 9.36 Å². The monoisotopic (exact) mass is 334 g/mol. The molecule has 2 aromatic carbocycles. The maximum atomic E-state index is 8.80. The van der Waals surface area contributed by atoms with E-state index in [-0.39, 0.29) is 6.10 Å². The van der Waals surface area contributed by atoms with Crippen molar-refractivity contribution in [2.75, 3.05) is 18.0 Å². The average Bonchev–Trinajstić information content (AvgIpc) is 3.08. The van der Waals surface area contributed by atoms with Crippen LogP contribution in [-0.4, -0.2) is 28.6 Å². The second-order valence-electron chi connectivity index (χ2n) is 5.55. The van der Waals surface area contributed by atoms with Gasteiger partial charge in [-0.1, -0.05) is 30.3 Å². The van der Waals surface area contributed by atoms with E-state index in [2.05, 4.69) is 20.3 Å². The maximum absolute atomic E-state index is 8.80. The molecule has 0 amide bonds. The molecule has 118 valence electrons. The highest BCUT2D eigenvalue weighted by atomic mass is 32.1. The van der Waals surface area contributed by atoms with Crippen molar-refractivity contribution in [3.8, 4) is 23.2 Å². The molecule has 0 N–H and O–H groups in total. The Morgan fingerprint density at radius 3 is 2.54 bits per heavy atom. The van der Waals surface area contributed by atoms with E-state index in [1.54, 1.807) is 12.1 Å². The SMILES string of the molecule is N#Cc1ccc(OC2CN(c3nc(-c4ccccc4)ns3)C2)cc1. The van der Waals surface area contributed by atoms with E-state index < -0.39 is 0 Å². The first-order chi connectivity index (χ1) is 11.8. The Hall–Kier alpha value is -2.91. The van der Waals surface area contributed by atoms with E-state index >= 15 is 0 Å². The summed E-state index contributed by atoms with van der Waals surface area (Å²) in [4.78, 5) is 6.77. The third-order valence-electron chi connectivity index (χ3n) is 3.85. The van der Waals surface area contributed by atoms with Crippen LogP contribution in [0.1, 0.15) is 5.56 Å². The Morgan fingerprint density at radius 2 is 1.83 bits per heavy atom. The molecule has 24 heavy (non-hydrogen) atoms. The van der Waals surface area contributed by atoms with E-state index in [0.717, 1.165) is 35.4 Å². The van der Waals surface area contributed by atoms with Gasteiger partial charge in [0.25, 0.3) is 0 Å². The predicted octanol–water partition coefficient (Wildman–Crippen LogP) is 3.34. The molecule has 4 rings (SSSR count). The van der Waals surface area contributed by atoms with Crippen LogP contribution in [0.25, 0.3) is 11.4 Å². The summed E-state index contributed by atoms with van der Waals surface area (Å²) in [5.74, 6) is 1.56. The van der Waals surface area contributed by atoms with Gasteiger partial charge in [0.2, 0.25) is 5.13 Å². The molecule has 1 saturated heterocycles. The Labute approximate surface area is 143 Å². The largest absolute Gasteiger partial charge is 0.487 e. The lowest BCUT2D eigenvalue weighted by Crippen LogP contribution is -2.54. The van der Waals surface area contributed by atoms with Crippen molar-refractivity contribution in [3.05, 3.63) is 60.2 Å². The Balaban J connectivity index is 1.36. The van der Waals surface area contributed by atoms with E-state index in [0.29, 0.717) is 5.56 Å². The lowest BCUT2D eigenvalue weighted by Gasteiger charge is -2.38. The van der Waals surface area contributed by atoms with Crippen LogP contribution in [0.15, 0.2) is 54.6 Å². The van der Waals surface area contributed by atoms with Gasteiger partial charge in [0, 0.05) is 17.1 Å². The molecule has 5 nitrogen and oxygen atoms in total. The summed E-state index contributed by atoms with van der Waals surface area (Å²) in [6.07, 6.45) is 0.141. The Kier molecular flexibility index (Phi) is 3.85. The van der Waals surface area contributed by atoms with E-state index in [9.17, 15) is 0 Å². The molecule has 1 aromatic heterocycles. The number of hydrogen-bond donors (Lipinski definition) is 0. The van der Waals surface area contributed by atoms with Gasteiger partial charge in [-0.3, -0.25) is 0 Å². The van der Waals surface area contributed by atoms with Crippen LogP contribution in [0.4, 0.5) is 5.13 Å². The Morgan fingerprint density at radius 1 is 1.08 bits per heavy atom. The number of nitriles is 1. The molecule has 2 heterocycles. The summed E-state index contributed by atoms with van der Waals surface area (Å²) >= 11 is 1.41. The van der Waals surface area contributed by atoms with Crippen molar-refractivity contribution in [2.24, 2.45) is 0 Å². The standard InChI is InChI=1S/C18H14N4OS/c19-10-13-6-8-15(9-7-13)23-16-11-22(12-16)18-20-17(21-24-18)14-4-2-1-3-5-14/h1-9,16H,11-12H2. The van der Waals surface area contributed by atoms with Crippen LogP contribution in [0, 0.1) is 11.3 Å². The molecule has 0 bridgehead atoms. The minimum Gasteiger partial charge on any atom is -0.487 e. The molecule has 0 radical (unpaired) electrons. The van der Waals surface area contributed by atoms with Crippen LogP contribution in [0.3, 0.4) is 0 Å². The summed E-state index contributed by atoms with van der Waals surface area (Å²) in [5.41, 5.74) is 1.67. The number of ether oxygens (including phenoxy) is 1. The smallest absolute Gasteiger partial charge is 0.205 e. The van der Waals surface area contributed by atoms with Gasteiger partial charge in [-0.25, -0.2) is 0 Å². The minimum absolute atomic E-state index is 0.141. The average molecular weight is 334 g/mol. The number of rotatable bonds is 4. The molecule has 0 unspecified atom stereocenters. The highest BCUT2D eigenvalue weighted by Crippen LogP contribution is 2.28. The zero-order valence-electron chi connectivity index (χ0n) is 12.8. The molecule has 1 aliphatic rings. The fraction of sp³-hybridized carbons (Fsp3) is 0.167. The van der Waals surface area contributed by atoms with Gasteiger partial charge in [-0.2, -0.15) is 14.6 Å². The summed E-state index contributed by atoms with van der Waals surface area (Å²) in [6, 6.07) is 19.3. The topological polar surface area (TPSA) is 62.0 Å². The summed E-state index contributed by atoms with van der Waals surface area (Å²) < 4.78 is 10.3. The third-order valence-corrected chi connectivity index (χ3v) is 4.63. The minimum atomic E-state index is 0.141. The van der Waals surface area contributed by atoms with Crippen molar-refractivity contribution in [2.45, 2.75) is 6.10 Å².